The molecule has 4 aliphatic rings. The highest BCUT2D eigenvalue weighted by Crippen LogP contribution is 2.67. The minimum atomic E-state index is -1.63. The maximum atomic E-state index is 13.8. The van der Waals surface area contributed by atoms with Crippen LogP contribution >= 0.6 is 0 Å². The van der Waals surface area contributed by atoms with Crippen molar-refractivity contribution >= 4 is 17.3 Å². The average molecular weight is 469 g/mol. The zero-order chi connectivity index (χ0) is 24.9. The summed E-state index contributed by atoms with van der Waals surface area (Å²) in [5.41, 5.74) is -2.94. The van der Waals surface area contributed by atoms with Crippen molar-refractivity contribution in [1.29, 1.82) is 0 Å². The van der Waals surface area contributed by atoms with E-state index < -0.39 is 46.8 Å². The van der Waals surface area contributed by atoms with E-state index in [0.717, 1.165) is 0 Å². The van der Waals surface area contributed by atoms with Crippen molar-refractivity contribution < 1.29 is 34.8 Å². The molecule has 35 heavy (non-hydrogen) atoms. The number of anilines is 1. The summed E-state index contributed by atoms with van der Waals surface area (Å²) in [6.45, 7) is 3.10. The number of hydrogen-bond donors (Lipinski definition) is 5. The highest BCUT2D eigenvalue weighted by molar-refractivity contribution is 6.32. The van der Waals surface area contributed by atoms with Crippen molar-refractivity contribution in [2.45, 2.75) is 43.3 Å². The van der Waals surface area contributed by atoms with Crippen molar-refractivity contribution in [2.75, 3.05) is 5.32 Å². The zero-order valence-corrected chi connectivity index (χ0v) is 18.6. The Hall–Kier alpha value is -4.08. The Morgan fingerprint density at radius 3 is 2.49 bits per heavy atom. The Balaban J connectivity index is 1.69. The van der Waals surface area contributed by atoms with E-state index in [4.69, 9.17) is 4.74 Å². The van der Waals surface area contributed by atoms with E-state index in [9.17, 15) is 30.0 Å². The fraction of sp³-hybridized carbons (Fsp3) is 0.259. The van der Waals surface area contributed by atoms with Crippen molar-refractivity contribution in [3.05, 3.63) is 63.7 Å². The lowest BCUT2D eigenvalue weighted by molar-refractivity contribution is 0.0867. The molecule has 2 aromatic rings. The van der Waals surface area contributed by atoms with Gasteiger partial charge < -0.3 is 30.5 Å². The fourth-order valence-electron chi connectivity index (χ4n) is 5.61. The van der Waals surface area contributed by atoms with Crippen LogP contribution in [0.4, 0.5) is 5.69 Å². The van der Waals surface area contributed by atoms with E-state index in [1.54, 1.807) is 6.92 Å². The van der Waals surface area contributed by atoms with Crippen LogP contribution in [-0.2, 0) is 10.3 Å². The molecule has 2 aliphatic carbocycles. The summed E-state index contributed by atoms with van der Waals surface area (Å²) in [5, 5.41) is 46.7. The summed E-state index contributed by atoms with van der Waals surface area (Å²) in [7, 11) is 0. The molecule has 5 N–H and O–H groups in total. The summed E-state index contributed by atoms with van der Waals surface area (Å²) >= 11 is 0. The van der Waals surface area contributed by atoms with Crippen LogP contribution in [0.15, 0.2) is 30.4 Å². The lowest BCUT2D eigenvalue weighted by atomic mass is 9.69. The fourth-order valence-corrected chi connectivity index (χ4v) is 5.61. The van der Waals surface area contributed by atoms with Gasteiger partial charge in [0.1, 0.15) is 17.5 Å². The Labute approximate surface area is 199 Å². The normalized spacial score (nSPS) is 30.5. The zero-order valence-electron chi connectivity index (χ0n) is 18.6. The van der Waals surface area contributed by atoms with Crippen LogP contribution in [0, 0.1) is 30.6 Å². The molecule has 2 aliphatic heterocycles. The van der Waals surface area contributed by atoms with Gasteiger partial charge in [-0.3, -0.25) is 9.59 Å². The van der Waals surface area contributed by atoms with Gasteiger partial charge in [0.15, 0.2) is 28.9 Å². The van der Waals surface area contributed by atoms with Crippen molar-refractivity contribution in [3.63, 3.8) is 0 Å². The van der Waals surface area contributed by atoms with Gasteiger partial charge in [-0.2, -0.15) is 0 Å². The number of aryl methyl sites for hydroxylation is 1. The van der Waals surface area contributed by atoms with Gasteiger partial charge in [0.05, 0.1) is 28.5 Å². The number of aliphatic hydroxyl groups is 2. The molecule has 8 heteroatoms. The van der Waals surface area contributed by atoms with Crippen LogP contribution in [-0.4, -0.2) is 55.8 Å². The number of hydrogen-bond acceptors (Lipinski definition) is 8. The van der Waals surface area contributed by atoms with E-state index in [2.05, 4.69) is 29.0 Å². The Kier molecular flexibility index (Phi) is 4.13. The Morgan fingerprint density at radius 1 is 1.06 bits per heavy atom. The lowest BCUT2D eigenvalue weighted by Gasteiger charge is -2.37. The van der Waals surface area contributed by atoms with Gasteiger partial charge in [-0.05, 0) is 43.7 Å². The quantitative estimate of drug-likeness (QED) is 0.204. The standard InChI is InChI=1S/C27H19NO7/c1-12-9-10-14-19(23(12)32)25(34)21-20(24(14)33)16(30)11-15-22(21)28-17-7-5-3-4-6-8-18(31)27(15)26(17,35-27)13(2)29/h3-4,9-11,13,17-18,28-32H,1-2H3/b4-3-/t13-,17+,18-,26+,27?/m1/s1. The van der Waals surface area contributed by atoms with E-state index in [0.29, 0.717) is 5.56 Å². The molecule has 174 valence electrons. The van der Waals surface area contributed by atoms with Gasteiger partial charge in [-0.15, -0.1) is 0 Å². The van der Waals surface area contributed by atoms with E-state index in [1.165, 1.54) is 37.3 Å². The smallest absolute Gasteiger partial charge is 0.200 e. The summed E-state index contributed by atoms with van der Waals surface area (Å²) in [5.74, 6) is 9.03. The van der Waals surface area contributed by atoms with E-state index in [1.807, 2.05) is 0 Å². The predicted molar refractivity (Wildman–Crippen MR) is 123 cm³/mol. The highest BCUT2D eigenvalue weighted by atomic mass is 16.7. The number of fused-ring (bicyclic) bond motifs is 4. The predicted octanol–water partition coefficient (Wildman–Crippen LogP) is 1.26. The van der Waals surface area contributed by atoms with Crippen LogP contribution in [0.25, 0.3) is 0 Å². The second kappa shape index (κ2) is 6.74. The SMILES string of the molecule is Cc1ccc2c(c1O)C(=O)c1c3c(cc(O)c1C2=O)C12O[C@@]1([C@@H](C)O)[C@H](C#C/C=C\C#C[C@H]2O)N3. The number of benzene rings is 2. The topological polar surface area (TPSA) is 140 Å². The Bertz CT molecular complexity index is 1550. The molecule has 0 radical (unpaired) electrons. The highest BCUT2D eigenvalue weighted by Gasteiger charge is 2.82. The summed E-state index contributed by atoms with van der Waals surface area (Å²) in [6, 6.07) is 3.31. The number of carbonyl (C=O) groups is 2. The molecule has 1 fully saturated rings. The average Bonchev–Trinajstić information content (AvgIpc) is 3.55. The van der Waals surface area contributed by atoms with Crippen molar-refractivity contribution in [3.8, 4) is 35.2 Å². The van der Waals surface area contributed by atoms with Crippen LogP contribution in [0.3, 0.4) is 0 Å². The van der Waals surface area contributed by atoms with E-state index in [-0.39, 0.29) is 39.3 Å². The number of allylic oxidation sites excluding steroid dienone is 2. The third kappa shape index (κ3) is 2.38. The number of aliphatic hydroxyl groups excluding tert-OH is 2. The lowest BCUT2D eigenvalue weighted by Crippen LogP contribution is -2.54. The maximum Gasteiger partial charge on any atom is 0.200 e. The van der Waals surface area contributed by atoms with Gasteiger partial charge in [-0.25, -0.2) is 0 Å². The summed E-state index contributed by atoms with van der Waals surface area (Å²) in [4.78, 5) is 27.2. The minimum absolute atomic E-state index is 0.0193. The monoisotopic (exact) mass is 469 g/mol. The molecular weight excluding hydrogens is 450 g/mol. The first-order valence-corrected chi connectivity index (χ1v) is 11.0. The second-order valence-corrected chi connectivity index (χ2v) is 9.08. The number of phenols is 2. The number of nitrogens with one attached hydrogen (secondary N) is 1. The molecule has 5 atom stereocenters. The second-order valence-electron chi connectivity index (χ2n) is 9.08. The molecule has 2 bridgehead atoms. The number of epoxide rings is 1. The molecule has 2 heterocycles. The third-order valence-electron chi connectivity index (χ3n) is 7.30. The van der Waals surface area contributed by atoms with Gasteiger partial charge in [0.2, 0.25) is 0 Å². The molecule has 1 saturated heterocycles. The molecule has 0 aromatic heterocycles. The van der Waals surface area contributed by atoms with Crippen LogP contribution < -0.4 is 5.32 Å². The van der Waals surface area contributed by atoms with E-state index >= 15 is 0 Å². The molecule has 0 saturated carbocycles. The van der Waals surface area contributed by atoms with Crippen molar-refractivity contribution in [2.24, 2.45) is 0 Å². The minimum Gasteiger partial charge on any atom is -0.507 e. The summed E-state index contributed by atoms with van der Waals surface area (Å²) in [6.07, 6.45) is 0.362. The van der Waals surface area contributed by atoms with Gasteiger partial charge in [-0.1, -0.05) is 29.7 Å². The first kappa shape index (κ1) is 21.5. The van der Waals surface area contributed by atoms with Gasteiger partial charge in [0, 0.05) is 11.1 Å². The van der Waals surface area contributed by atoms with Crippen molar-refractivity contribution in [1.82, 2.24) is 0 Å². The summed E-state index contributed by atoms with van der Waals surface area (Å²) < 4.78 is 6.12. The molecule has 0 amide bonds. The van der Waals surface area contributed by atoms with Gasteiger partial charge in [0.25, 0.3) is 0 Å². The van der Waals surface area contributed by atoms with Crippen LogP contribution in [0.5, 0.6) is 11.5 Å². The number of ketones is 2. The molecule has 2 aromatic carbocycles. The Morgan fingerprint density at radius 2 is 1.77 bits per heavy atom. The molecule has 0 spiro atoms. The first-order chi connectivity index (χ1) is 16.7. The first-order valence-electron chi connectivity index (χ1n) is 11.0. The largest absolute Gasteiger partial charge is 0.507 e. The number of ether oxygens (including phenoxy) is 1. The van der Waals surface area contributed by atoms with Gasteiger partial charge >= 0.3 is 0 Å². The third-order valence-corrected chi connectivity index (χ3v) is 7.30. The van der Waals surface area contributed by atoms with Crippen LogP contribution in [0.2, 0.25) is 0 Å². The van der Waals surface area contributed by atoms with Crippen LogP contribution in [0.1, 0.15) is 49.9 Å². The molecule has 8 nitrogen and oxygen atoms in total. The molecule has 1 unspecified atom stereocenters. The number of carbonyl (C=O) groups excluding carboxylic acids is 2. The number of aromatic hydroxyl groups is 2. The number of rotatable bonds is 1. The maximum absolute atomic E-state index is 13.8. The molecule has 6 rings (SSSR count). The molecular formula is C27H19NO7. The number of phenolic OH excluding ortho intramolecular Hbond substituents is 2.